The first-order chi connectivity index (χ1) is 9.99. The van der Waals surface area contributed by atoms with E-state index in [0.717, 1.165) is 18.4 Å². The van der Waals surface area contributed by atoms with Gasteiger partial charge in [0.05, 0.1) is 5.41 Å². The lowest BCUT2D eigenvalue weighted by molar-refractivity contribution is -0.150. The standard InChI is InChI=1S/C16H26N2O3/c1-16(14(19)20)6-8-18(9-7-16)15(21)17-10-13(11-2-3-11)12-4-5-12/h11-13H,2-10H2,1H3,(H,17,21)(H,19,20). The van der Waals surface area contributed by atoms with Crippen molar-refractivity contribution in [3.8, 4) is 0 Å². The third-order valence-corrected chi connectivity index (χ3v) is 5.61. The Morgan fingerprint density at radius 3 is 2.14 bits per heavy atom. The Balaban J connectivity index is 1.45. The Morgan fingerprint density at radius 2 is 1.71 bits per heavy atom. The number of carboxylic acid groups (broad SMARTS) is 1. The van der Waals surface area contributed by atoms with Gasteiger partial charge in [0.25, 0.3) is 0 Å². The smallest absolute Gasteiger partial charge is 0.317 e. The number of carbonyl (C=O) groups excluding carboxylic acids is 1. The average Bonchev–Trinajstić information content (AvgIpc) is 3.33. The molecule has 3 rings (SSSR count). The number of hydrogen-bond donors (Lipinski definition) is 2. The normalized spacial score (nSPS) is 25.0. The van der Waals surface area contributed by atoms with Crippen molar-refractivity contribution in [2.45, 2.75) is 45.4 Å². The topological polar surface area (TPSA) is 69.6 Å². The van der Waals surface area contributed by atoms with Crippen molar-refractivity contribution in [3.05, 3.63) is 0 Å². The minimum Gasteiger partial charge on any atom is -0.481 e. The van der Waals surface area contributed by atoms with Crippen LogP contribution in [0.15, 0.2) is 0 Å². The lowest BCUT2D eigenvalue weighted by Gasteiger charge is -2.36. The van der Waals surface area contributed by atoms with Gasteiger partial charge < -0.3 is 15.3 Å². The van der Waals surface area contributed by atoms with E-state index in [9.17, 15) is 14.7 Å². The number of rotatable bonds is 5. The summed E-state index contributed by atoms with van der Waals surface area (Å²) in [6, 6.07) is -0.00580. The zero-order valence-corrected chi connectivity index (χ0v) is 12.8. The van der Waals surface area contributed by atoms with Crippen LogP contribution >= 0.6 is 0 Å². The maximum Gasteiger partial charge on any atom is 0.317 e. The summed E-state index contributed by atoms with van der Waals surface area (Å²) in [5.41, 5.74) is -0.665. The van der Waals surface area contributed by atoms with E-state index >= 15 is 0 Å². The van der Waals surface area contributed by atoms with Crippen molar-refractivity contribution in [1.82, 2.24) is 10.2 Å². The monoisotopic (exact) mass is 294 g/mol. The van der Waals surface area contributed by atoms with E-state index in [2.05, 4.69) is 5.32 Å². The van der Waals surface area contributed by atoms with Crippen LogP contribution in [0.4, 0.5) is 4.79 Å². The van der Waals surface area contributed by atoms with E-state index in [1.54, 1.807) is 11.8 Å². The van der Waals surface area contributed by atoms with Crippen LogP contribution in [0.5, 0.6) is 0 Å². The predicted octanol–water partition coefficient (Wildman–Crippen LogP) is 2.32. The fourth-order valence-corrected chi connectivity index (χ4v) is 3.50. The third kappa shape index (κ3) is 3.33. The zero-order chi connectivity index (χ0) is 15.0. The molecule has 21 heavy (non-hydrogen) atoms. The Labute approximate surface area is 126 Å². The van der Waals surface area contributed by atoms with E-state index in [1.165, 1.54) is 25.7 Å². The van der Waals surface area contributed by atoms with E-state index in [-0.39, 0.29) is 6.03 Å². The third-order valence-electron chi connectivity index (χ3n) is 5.61. The fraction of sp³-hybridized carbons (Fsp3) is 0.875. The molecule has 2 saturated carbocycles. The molecule has 0 spiro atoms. The molecule has 0 aromatic heterocycles. The van der Waals surface area contributed by atoms with Crippen LogP contribution in [0.2, 0.25) is 0 Å². The van der Waals surface area contributed by atoms with Gasteiger partial charge in [-0.05, 0) is 63.2 Å². The molecule has 1 heterocycles. The van der Waals surface area contributed by atoms with E-state index < -0.39 is 11.4 Å². The molecule has 0 unspecified atom stereocenters. The fourth-order valence-electron chi connectivity index (χ4n) is 3.50. The Morgan fingerprint density at radius 1 is 1.19 bits per heavy atom. The van der Waals surface area contributed by atoms with Crippen LogP contribution in [-0.2, 0) is 4.79 Å². The minimum absolute atomic E-state index is 0.00580. The van der Waals surface area contributed by atoms with Crippen molar-refractivity contribution < 1.29 is 14.7 Å². The number of nitrogens with one attached hydrogen (secondary N) is 1. The number of aliphatic carboxylic acids is 1. The SMILES string of the molecule is CC1(C(=O)O)CCN(C(=O)NCC(C2CC2)C2CC2)CC1. The number of amides is 2. The second kappa shape index (κ2) is 5.50. The van der Waals surface area contributed by atoms with E-state index in [0.29, 0.717) is 31.8 Å². The number of urea groups is 1. The van der Waals surface area contributed by atoms with Crippen LogP contribution in [-0.4, -0.2) is 41.6 Å². The molecule has 0 aromatic rings. The van der Waals surface area contributed by atoms with Gasteiger partial charge in [-0.1, -0.05) is 0 Å². The summed E-state index contributed by atoms with van der Waals surface area (Å²) in [6.07, 6.45) is 6.42. The van der Waals surface area contributed by atoms with Crippen LogP contribution < -0.4 is 5.32 Å². The number of carbonyl (C=O) groups is 2. The maximum atomic E-state index is 12.2. The largest absolute Gasteiger partial charge is 0.481 e. The second-order valence-electron chi connectivity index (χ2n) is 7.38. The van der Waals surface area contributed by atoms with Gasteiger partial charge in [0.15, 0.2) is 0 Å². The van der Waals surface area contributed by atoms with Crippen LogP contribution in [0, 0.1) is 23.2 Å². The van der Waals surface area contributed by atoms with Gasteiger partial charge in [0.2, 0.25) is 0 Å². The highest BCUT2D eigenvalue weighted by Crippen LogP contribution is 2.48. The molecule has 5 heteroatoms. The highest BCUT2D eigenvalue weighted by molar-refractivity contribution is 5.77. The van der Waals surface area contributed by atoms with E-state index in [4.69, 9.17) is 0 Å². The van der Waals surface area contributed by atoms with Crippen LogP contribution in [0.25, 0.3) is 0 Å². The first kappa shape index (κ1) is 14.7. The van der Waals surface area contributed by atoms with Crippen molar-refractivity contribution in [1.29, 1.82) is 0 Å². The second-order valence-corrected chi connectivity index (χ2v) is 7.38. The van der Waals surface area contributed by atoms with Crippen LogP contribution in [0.1, 0.15) is 45.4 Å². The summed E-state index contributed by atoms with van der Waals surface area (Å²) in [6.45, 7) is 3.68. The van der Waals surface area contributed by atoms with Gasteiger partial charge in [0.1, 0.15) is 0 Å². The van der Waals surface area contributed by atoms with Gasteiger partial charge in [-0.3, -0.25) is 4.79 Å². The van der Waals surface area contributed by atoms with Crippen molar-refractivity contribution >= 4 is 12.0 Å². The number of piperidine rings is 1. The van der Waals surface area contributed by atoms with Gasteiger partial charge in [0, 0.05) is 19.6 Å². The molecule has 5 nitrogen and oxygen atoms in total. The zero-order valence-electron chi connectivity index (χ0n) is 12.8. The molecule has 1 aliphatic heterocycles. The molecule has 0 atom stereocenters. The Kier molecular flexibility index (Phi) is 3.84. The van der Waals surface area contributed by atoms with Gasteiger partial charge >= 0.3 is 12.0 Å². The van der Waals surface area contributed by atoms with Crippen molar-refractivity contribution in [3.63, 3.8) is 0 Å². The molecule has 118 valence electrons. The molecule has 2 aliphatic carbocycles. The summed E-state index contributed by atoms with van der Waals surface area (Å²) < 4.78 is 0. The molecule has 0 radical (unpaired) electrons. The van der Waals surface area contributed by atoms with Gasteiger partial charge in [-0.2, -0.15) is 0 Å². The summed E-state index contributed by atoms with van der Waals surface area (Å²) in [5, 5.41) is 12.3. The molecular formula is C16H26N2O3. The van der Waals surface area contributed by atoms with Crippen molar-refractivity contribution in [2.75, 3.05) is 19.6 Å². The van der Waals surface area contributed by atoms with Crippen LogP contribution in [0.3, 0.4) is 0 Å². The maximum absolute atomic E-state index is 12.2. The number of carboxylic acids is 1. The lowest BCUT2D eigenvalue weighted by Crippen LogP contribution is -2.49. The number of likely N-dealkylation sites (tertiary alicyclic amines) is 1. The minimum atomic E-state index is -0.745. The van der Waals surface area contributed by atoms with Gasteiger partial charge in [-0.15, -0.1) is 0 Å². The van der Waals surface area contributed by atoms with Gasteiger partial charge in [-0.25, -0.2) is 4.79 Å². The Bertz CT molecular complexity index is 409. The lowest BCUT2D eigenvalue weighted by atomic mass is 9.80. The molecule has 0 bridgehead atoms. The molecule has 1 saturated heterocycles. The molecule has 2 amide bonds. The summed E-state index contributed by atoms with van der Waals surface area (Å²) in [7, 11) is 0. The molecular weight excluding hydrogens is 268 g/mol. The highest BCUT2D eigenvalue weighted by atomic mass is 16.4. The summed E-state index contributed by atoms with van der Waals surface area (Å²) in [4.78, 5) is 25.2. The quantitative estimate of drug-likeness (QED) is 0.817. The Hall–Kier alpha value is -1.26. The average molecular weight is 294 g/mol. The molecule has 3 aliphatic rings. The first-order valence-electron chi connectivity index (χ1n) is 8.26. The van der Waals surface area contributed by atoms with Crippen molar-refractivity contribution in [2.24, 2.45) is 23.2 Å². The molecule has 0 aromatic carbocycles. The summed E-state index contributed by atoms with van der Waals surface area (Å²) >= 11 is 0. The number of hydrogen-bond acceptors (Lipinski definition) is 2. The number of nitrogens with zero attached hydrogens (tertiary/aromatic N) is 1. The first-order valence-corrected chi connectivity index (χ1v) is 8.26. The molecule has 3 fully saturated rings. The predicted molar refractivity (Wildman–Crippen MR) is 78.9 cm³/mol. The summed E-state index contributed by atoms with van der Waals surface area (Å²) in [5.74, 6) is 1.62. The molecule has 2 N–H and O–H groups in total. The highest BCUT2D eigenvalue weighted by Gasteiger charge is 2.42. The van der Waals surface area contributed by atoms with E-state index in [1.807, 2.05) is 0 Å².